The van der Waals surface area contributed by atoms with E-state index in [1.165, 1.54) is 42.8 Å². The summed E-state index contributed by atoms with van der Waals surface area (Å²) < 4.78 is 2.06. The van der Waals surface area contributed by atoms with Crippen molar-refractivity contribution in [1.29, 1.82) is 0 Å². The maximum atomic E-state index is 12.6. The number of hydrogen-bond acceptors (Lipinski definition) is 2. The summed E-state index contributed by atoms with van der Waals surface area (Å²) in [6.45, 7) is 4.39. The van der Waals surface area contributed by atoms with Gasteiger partial charge in [-0.2, -0.15) is 0 Å². The van der Waals surface area contributed by atoms with Crippen molar-refractivity contribution in [2.24, 2.45) is 5.92 Å². The highest BCUT2D eigenvalue weighted by molar-refractivity contribution is 5.66. The molecule has 2 aliphatic rings. The lowest BCUT2D eigenvalue weighted by atomic mass is 9.80. The minimum Gasteiger partial charge on any atom is -0.334 e. The van der Waals surface area contributed by atoms with Gasteiger partial charge in [0.2, 0.25) is 0 Å². The van der Waals surface area contributed by atoms with Crippen molar-refractivity contribution in [2.75, 3.05) is 19.6 Å². The molecule has 0 aliphatic carbocycles. The predicted octanol–water partition coefficient (Wildman–Crippen LogP) is 2.55. The van der Waals surface area contributed by atoms with E-state index in [-0.39, 0.29) is 5.56 Å². The second kappa shape index (κ2) is 7.96. The van der Waals surface area contributed by atoms with Crippen molar-refractivity contribution in [3.8, 4) is 11.1 Å². The van der Waals surface area contributed by atoms with E-state index in [1.54, 1.807) is 17.2 Å². The summed E-state index contributed by atoms with van der Waals surface area (Å²) in [4.78, 5) is 18.6. The zero-order valence-corrected chi connectivity index (χ0v) is 16.8. The molecule has 2 bridgehead atoms. The molecular weight excluding hydrogens is 358 g/mol. The average Bonchev–Trinajstić information content (AvgIpc) is 2.76. The van der Waals surface area contributed by atoms with Crippen LogP contribution in [0.25, 0.3) is 11.1 Å². The Balaban J connectivity index is 1.37. The molecule has 2 aliphatic heterocycles. The maximum Gasteiger partial charge on any atom is 0.250 e. The van der Waals surface area contributed by atoms with Gasteiger partial charge in [-0.1, -0.05) is 36.4 Å². The Morgan fingerprint density at radius 2 is 1.93 bits per heavy atom. The molecule has 0 spiro atoms. The van der Waals surface area contributed by atoms with Crippen LogP contribution in [0.1, 0.15) is 30.0 Å². The van der Waals surface area contributed by atoms with Crippen molar-refractivity contribution in [3.63, 3.8) is 0 Å². The summed E-state index contributed by atoms with van der Waals surface area (Å²) in [5.41, 5.74) is 5.12. The summed E-state index contributed by atoms with van der Waals surface area (Å²) in [6.07, 6.45) is 7.30. The van der Waals surface area contributed by atoms with E-state index in [1.807, 2.05) is 18.3 Å². The van der Waals surface area contributed by atoms with Crippen LogP contribution in [0.15, 0.2) is 71.8 Å². The molecular formula is C25H28N3O+. The molecule has 4 nitrogen and oxygen atoms in total. The number of nitrogens with zero attached hydrogens (tertiary/aromatic N) is 2. The Labute approximate surface area is 171 Å². The van der Waals surface area contributed by atoms with Crippen LogP contribution in [0.5, 0.6) is 0 Å². The van der Waals surface area contributed by atoms with Gasteiger partial charge in [0, 0.05) is 60.1 Å². The predicted molar refractivity (Wildman–Crippen MR) is 115 cm³/mol. The normalized spacial score (nSPS) is 22.8. The number of fused-ring (bicyclic) bond motifs is 4. The van der Waals surface area contributed by atoms with Gasteiger partial charge in [-0.15, -0.1) is 0 Å². The molecule has 2 aromatic heterocycles. The van der Waals surface area contributed by atoms with Crippen molar-refractivity contribution in [3.05, 3.63) is 88.6 Å². The number of aromatic nitrogens is 2. The van der Waals surface area contributed by atoms with Crippen LogP contribution in [-0.4, -0.2) is 29.2 Å². The van der Waals surface area contributed by atoms with Crippen LogP contribution >= 0.6 is 0 Å². The third kappa shape index (κ3) is 3.77. The number of pyridine rings is 2. The number of nitrogens with one attached hydrogen (secondary N) is 1. The summed E-state index contributed by atoms with van der Waals surface area (Å²) in [6, 6.07) is 18.6. The standard InChI is InChI=1S/C25H27N3O/c29-24-11-10-23(21-9-4-12-26-15-21)25-22-14-20(17-28(24)25)16-27(18-22)13-5-8-19-6-2-1-3-7-19/h1-4,6-7,9-12,15,20,22H,5,8,13-14,16-18H2/p+1/t20-,22+/m0/s1. The summed E-state index contributed by atoms with van der Waals surface area (Å²) in [5.74, 6) is 1.06. The van der Waals surface area contributed by atoms with Gasteiger partial charge < -0.3 is 9.47 Å². The Morgan fingerprint density at radius 1 is 1.03 bits per heavy atom. The fraction of sp³-hybridized carbons (Fsp3) is 0.360. The highest BCUT2D eigenvalue weighted by Crippen LogP contribution is 2.36. The quantitative estimate of drug-likeness (QED) is 0.732. The van der Waals surface area contributed by atoms with Gasteiger partial charge >= 0.3 is 0 Å². The third-order valence-electron chi connectivity index (χ3n) is 6.59. The van der Waals surface area contributed by atoms with Gasteiger partial charge in [-0.3, -0.25) is 9.78 Å². The van der Waals surface area contributed by atoms with Crippen LogP contribution in [0.3, 0.4) is 0 Å². The third-order valence-corrected chi connectivity index (χ3v) is 6.59. The zero-order chi connectivity index (χ0) is 19.6. The van der Waals surface area contributed by atoms with Crippen LogP contribution in [0, 0.1) is 5.92 Å². The first-order valence-electron chi connectivity index (χ1n) is 10.8. The van der Waals surface area contributed by atoms with Crippen LogP contribution in [-0.2, 0) is 13.0 Å². The largest absolute Gasteiger partial charge is 0.334 e. The lowest BCUT2D eigenvalue weighted by Gasteiger charge is -2.41. The molecule has 1 aromatic carbocycles. The van der Waals surface area contributed by atoms with Crippen LogP contribution in [0.4, 0.5) is 0 Å². The molecule has 3 aromatic rings. The van der Waals surface area contributed by atoms with Gasteiger partial charge in [-0.05, 0) is 30.5 Å². The number of hydrogen-bond donors (Lipinski definition) is 1. The molecule has 29 heavy (non-hydrogen) atoms. The second-order valence-electron chi connectivity index (χ2n) is 8.62. The number of quaternary nitrogens is 1. The van der Waals surface area contributed by atoms with E-state index in [0.717, 1.165) is 25.1 Å². The molecule has 0 saturated carbocycles. The molecule has 1 fully saturated rings. The van der Waals surface area contributed by atoms with Crippen molar-refractivity contribution >= 4 is 0 Å². The first-order chi connectivity index (χ1) is 14.3. The fourth-order valence-corrected chi connectivity index (χ4v) is 5.39. The number of aryl methyl sites for hydroxylation is 1. The highest BCUT2D eigenvalue weighted by atomic mass is 16.1. The molecule has 1 unspecified atom stereocenters. The summed E-state index contributed by atoms with van der Waals surface area (Å²) in [7, 11) is 0. The van der Waals surface area contributed by atoms with E-state index in [2.05, 4.69) is 45.9 Å². The smallest absolute Gasteiger partial charge is 0.250 e. The Morgan fingerprint density at radius 3 is 2.76 bits per heavy atom. The van der Waals surface area contributed by atoms with Gasteiger partial charge in [0.05, 0.1) is 19.6 Å². The van der Waals surface area contributed by atoms with E-state index in [4.69, 9.17) is 0 Å². The summed E-state index contributed by atoms with van der Waals surface area (Å²) >= 11 is 0. The van der Waals surface area contributed by atoms with Crippen LogP contribution in [0.2, 0.25) is 0 Å². The number of benzene rings is 1. The molecule has 5 rings (SSSR count). The topological polar surface area (TPSA) is 39.3 Å². The maximum absolute atomic E-state index is 12.6. The Hall–Kier alpha value is -2.72. The monoisotopic (exact) mass is 386 g/mol. The molecule has 4 heterocycles. The number of likely N-dealkylation sites (tertiary alicyclic amines) is 1. The van der Waals surface area contributed by atoms with Crippen LogP contribution < -0.4 is 10.5 Å². The first kappa shape index (κ1) is 18.3. The molecule has 3 atom stereocenters. The Bertz CT molecular complexity index is 1030. The summed E-state index contributed by atoms with van der Waals surface area (Å²) in [5, 5.41) is 0. The SMILES string of the molecule is O=c1ccc(-c2cccnc2)c2n1C[C@H]1C[C@@H]2C[NH+](CCCc2ccccc2)C1. The van der Waals surface area contributed by atoms with Crippen molar-refractivity contribution < 1.29 is 4.90 Å². The van der Waals surface area contributed by atoms with E-state index < -0.39 is 0 Å². The molecule has 4 heteroatoms. The van der Waals surface area contributed by atoms with Gasteiger partial charge in [0.15, 0.2) is 0 Å². The van der Waals surface area contributed by atoms with Gasteiger partial charge in [0.1, 0.15) is 0 Å². The lowest BCUT2D eigenvalue weighted by Crippen LogP contribution is -3.14. The molecule has 0 radical (unpaired) electrons. The average molecular weight is 387 g/mol. The van der Waals surface area contributed by atoms with Crippen molar-refractivity contribution in [2.45, 2.75) is 31.7 Å². The van der Waals surface area contributed by atoms with Gasteiger partial charge in [-0.25, -0.2) is 0 Å². The minimum absolute atomic E-state index is 0.148. The first-order valence-corrected chi connectivity index (χ1v) is 10.8. The highest BCUT2D eigenvalue weighted by Gasteiger charge is 2.38. The van der Waals surface area contributed by atoms with E-state index >= 15 is 0 Å². The minimum atomic E-state index is 0.148. The van der Waals surface area contributed by atoms with E-state index in [0.29, 0.717) is 11.8 Å². The fourth-order valence-electron chi connectivity index (χ4n) is 5.39. The van der Waals surface area contributed by atoms with Crippen molar-refractivity contribution in [1.82, 2.24) is 9.55 Å². The zero-order valence-electron chi connectivity index (χ0n) is 16.8. The molecule has 1 N–H and O–H groups in total. The molecule has 1 saturated heterocycles. The molecule has 0 amide bonds. The lowest BCUT2D eigenvalue weighted by molar-refractivity contribution is -0.911. The van der Waals surface area contributed by atoms with Gasteiger partial charge in [0.25, 0.3) is 5.56 Å². The number of piperidine rings is 1. The second-order valence-corrected chi connectivity index (χ2v) is 8.62. The number of rotatable bonds is 5. The Kier molecular flexibility index (Phi) is 5.03. The molecule has 148 valence electrons. The van der Waals surface area contributed by atoms with E-state index in [9.17, 15) is 4.79 Å².